The van der Waals surface area contributed by atoms with E-state index in [0.717, 1.165) is 135 Å². The molecule has 0 rings (SSSR count). The van der Waals surface area contributed by atoms with Gasteiger partial charge < -0.3 is 19.4 Å². The zero-order valence-corrected chi connectivity index (χ0v) is 56.7. The van der Waals surface area contributed by atoms with Gasteiger partial charge in [0.25, 0.3) is 0 Å². The number of carbonyl (C=O) groups is 2. The van der Waals surface area contributed by atoms with Crippen LogP contribution in [0.3, 0.4) is 0 Å². The van der Waals surface area contributed by atoms with Crippen molar-refractivity contribution >= 4 is 19.7 Å². The smallest absolute Gasteiger partial charge is 0.456 e. The molecule has 0 heterocycles. The number of quaternary nitrogens is 1. The molecule has 488 valence electrons. The van der Waals surface area contributed by atoms with Crippen LogP contribution in [-0.4, -0.2) is 74.3 Å². The molecule has 0 spiro atoms. The van der Waals surface area contributed by atoms with E-state index in [1.807, 2.05) is 33.3 Å². The summed E-state index contributed by atoms with van der Waals surface area (Å²) in [6.07, 6.45) is 89.2. The van der Waals surface area contributed by atoms with Crippen molar-refractivity contribution in [2.24, 2.45) is 0 Å². The van der Waals surface area contributed by atoms with Gasteiger partial charge >= 0.3 is 13.8 Å². The second-order valence-corrected chi connectivity index (χ2v) is 25.8. The number of nitrogens with zero attached hydrogens (tertiary/aromatic N) is 1. The number of rotatable bonds is 62. The molecule has 0 aromatic heterocycles. The minimum absolute atomic E-state index is 0.0313. The number of hydrogen-bond donors (Lipinski definition) is 2. The van der Waals surface area contributed by atoms with E-state index in [-0.39, 0.29) is 31.5 Å². The van der Waals surface area contributed by atoms with Gasteiger partial charge in [0, 0.05) is 12.8 Å². The maximum absolute atomic E-state index is 13.6. The number of carbonyl (C=O) groups excluding carboxylic acids is 2. The maximum atomic E-state index is 13.6. The standard InChI is InChI=1S/C75H131N2O7P/c1-7-10-13-16-19-22-25-27-29-31-33-35-36-37-38-39-40-42-43-45-47-49-52-55-58-61-64-67-74(78)76-72(71-83-85(80,81)82-70-69-77(4,5)6)73(66-63-60-57-54-51-24-21-18-15-12-9-3)84-75(79)68-65-62-59-56-53-50-48-46-44-41-34-32-30-28-26-23-20-17-14-11-8-2/h10,13,19-20,22-23,27-30,33-35,37-38,40-42,63,66,72-73H,7-9,11-12,14-18,21,24-26,31-32,36,39,43-62,64-65,67-71H2,1-6H3,(H-,76,78,80,81)/p+1/b13-10-,22-19-,23-20-,29-27-,30-28-,35-33-,38-37-,41-34-,42-40-,66-63-. The average Bonchev–Trinajstić information content (AvgIpc) is 3.64. The fourth-order valence-corrected chi connectivity index (χ4v) is 10.3. The van der Waals surface area contributed by atoms with Crippen LogP contribution in [0.5, 0.6) is 0 Å². The van der Waals surface area contributed by atoms with Gasteiger partial charge in [0.1, 0.15) is 19.3 Å². The summed E-state index contributed by atoms with van der Waals surface area (Å²) in [6.45, 7) is 6.86. The van der Waals surface area contributed by atoms with Crippen molar-refractivity contribution in [2.45, 2.75) is 303 Å². The molecule has 85 heavy (non-hydrogen) atoms. The van der Waals surface area contributed by atoms with Crippen molar-refractivity contribution in [3.8, 4) is 0 Å². The van der Waals surface area contributed by atoms with Gasteiger partial charge in [-0.3, -0.25) is 18.6 Å². The highest BCUT2D eigenvalue weighted by Crippen LogP contribution is 2.43. The third-order valence-corrected chi connectivity index (χ3v) is 15.9. The van der Waals surface area contributed by atoms with Gasteiger partial charge in [0.15, 0.2) is 0 Å². The summed E-state index contributed by atoms with van der Waals surface area (Å²) in [5.74, 6) is -0.526. The molecule has 0 bridgehead atoms. The van der Waals surface area contributed by atoms with E-state index in [4.69, 9.17) is 13.8 Å². The quantitative estimate of drug-likeness (QED) is 0.0205. The van der Waals surface area contributed by atoms with E-state index in [9.17, 15) is 19.0 Å². The SMILES string of the molecule is CC/C=C\C/C=C\C/C=C\C/C=C\C/C=C\C/C=C\CCCCCCCCCCC(=O)NC(COP(=O)(O)OCC[N+](C)(C)C)C(/C=C\CCCCCCCCCCC)OC(=O)CCCCCCCCCC/C=C\C/C=C\C/C=C\CCCCC. The molecule has 3 atom stereocenters. The Hall–Kier alpha value is -3.59. The molecule has 1 amide bonds. The summed E-state index contributed by atoms with van der Waals surface area (Å²) >= 11 is 0. The number of phosphoric acid groups is 1. The largest absolute Gasteiger partial charge is 0.472 e. The lowest BCUT2D eigenvalue weighted by atomic mass is 10.0. The molecule has 10 heteroatoms. The Morgan fingerprint density at radius 3 is 1.15 bits per heavy atom. The molecule has 3 unspecified atom stereocenters. The Kier molecular flexibility index (Phi) is 60.8. The zero-order chi connectivity index (χ0) is 62.1. The van der Waals surface area contributed by atoms with Crippen LogP contribution in [0, 0.1) is 0 Å². The minimum Gasteiger partial charge on any atom is -0.456 e. The highest BCUT2D eigenvalue weighted by Gasteiger charge is 2.30. The van der Waals surface area contributed by atoms with Crippen LogP contribution in [0.4, 0.5) is 0 Å². The topological polar surface area (TPSA) is 111 Å². The molecular formula is C75H132N2O7P+. The molecule has 0 saturated heterocycles. The van der Waals surface area contributed by atoms with Crippen LogP contribution >= 0.6 is 7.82 Å². The van der Waals surface area contributed by atoms with E-state index in [1.54, 1.807) is 0 Å². The Morgan fingerprint density at radius 1 is 0.424 bits per heavy atom. The number of ether oxygens (including phenoxy) is 1. The van der Waals surface area contributed by atoms with Gasteiger partial charge in [-0.25, -0.2) is 4.57 Å². The maximum Gasteiger partial charge on any atom is 0.472 e. The van der Waals surface area contributed by atoms with E-state index in [2.05, 4.69) is 135 Å². The van der Waals surface area contributed by atoms with Crippen molar-refractivity contribution in [2.75, 3.05) is 40.9 Å². The van der Waals surface area contributed by atoms with Crippen LogP contribution in [0.25, 0.3) is 0 Å². The predicted molar refractivity (Wildman–Crippen MR) is 369 cm³/mol. The van der Waals surface area contributed by atoms with E-state index in [0.29, 0.717) is 17.4 Å². The minimum atomic E-state index is -4.46. The molecule has 2 N–H and O–H groups in total. The van der Waals surface area contributed by atoms with Gasteiger partial charge in [0.2, 0.25) is 5.91 Å². The van der Waals surface area contributed by atoms with E-state index in [1.165, 1.54) is 122 Å². The highest BCUT2D eigenvalue weighted by atomic mass is 31.2. The van der Waals surface area contributed by atoms with Gasteiger partial charge in [-0.05, 0) is 122 Å². The number of unbranched alkanes of at least 4 members (excludes halogenated alkanes) is 28. The average molecular weight is 1200 g/mol. The van der Waals surface area contributed by atoms with E-state index >= 15 is 0 Å². The summed E-state index contributed by atoms with van der Waals surface area (Å²) in [5.41, 5.74) is 0. The summed E-state index contributed by atoms with van der Waals surface area (Å²) in [7, 11) is 1.47. The fourth-order valence-electron chi connectivity index (χ4n) is 9.54. The second-order valence-electron chi connectivity index (χ2n) is 24.3. The van der Waals surface area contributed by atoms with Crippen LogP contribution in [0.1, 0.15) is 290 Å². The van der Waals surface area contributed by atoms with E-state index < -0.39 is 20.0 Å². The van der Waals surface area contributed by atoms with Crippen molar-refractivity contribution in [3.63, 3.8) is 0 Å². The monoisotopic (exact) mass is 1200 g/mol. The molecular weight excluding hydrogens is 1070 g/mol. The van der Waals surface area contributed by atoms with Gasteiger partial charge in [-0.15, -0.1) is 0 Å². The number of esters is 1. The van der Waals surface area contributed by atoms with Gasteiger partial charge in [-0.2, -0.15) is 0 Å². The van der Waals surface area contributed by atoms with Crippen LogP contribution in [-0.2, 0) is 27.9 Å². The Bertz CT molecular complexity index is 1870. The molecule has 0 fully saturated rings. The molecule has 0 radical (unpaired) electrons. The third kappa shape index (κ3) is 64.7. The summed E-state index contributed by atoms with van der Waals surface area (Å²) in [5, 5.41) is 3.06. The molecule has 9 nitrogen and oxygen atoms in total. The summed E-state index contributed by atoms with van der Waals surface area (Å²) in [6, 6.07) is -0.865. The summed E-state index contributed by atoms with van der Waals surface area (Å²) < 4.78 is 30.8. The number of phosphoric ester groups is 1. The van der Waals surface area contributed by atoms with Crippen molar-refractivity contribution in [1.82, 2.24) is 5.32 Å². The Balaban J connectivity index is 5.09. The summed E-state index contributed by atoms with van der Waals surface area (Å²) in [4.78, 5) is 37.9. The number of hydrogen-bond acceptors (Lipinski definition) is 6. The third-order valence-electron chi connectivity index (χ3n) is 14.9. The highest BCUT2D eigenvalue weighted by molar-refractivity contribution is 7.47. The first kappa shape index (κ1) is 81.4. The first-order valence-electron chi connectivity index (χ1n) is 34.9. The first-order chi connectivity index (χ1) is 41.4. The number of nitrogens with one attached hydrogen (secondary N) is 1. The van der Waals surface area contributed by atoms with Gasteiger partial charge in [-0.1, -0.05) is 277 Å². The lowest BCUT2D eigenvalue weighted by Gasteiger charge is -2.27. The molecule has 0 saturated carbocycles. The molecule has 0 aliphatic rings. The molecule has 0 aromatic rings. The van der Waals surface area contributed by atoms with Crippen LogP contribution in [0.2, 0.25) is 0 Å². The molecule has 0 aromatic carbocycles. The normalized spacial score (nSPS) is 14.3. The molecule has 0 aliphatic carbocycles. The zero-order valence-electron chi connectivity index (χ0n) is 55.8. The number of allylic oxidation sites excluding steroid dienone is 19. The molecule has 0 aliphatic heterocycles. The lowest BCUT2D eigenvalue weighted by molar-refractivity contribution is -0.870. The fraction of sp³-hybridized carbons (Fsp3) is 0.707. The lowest BCUT2D eigenvalue weighted by Crippen LogP contribution is -2.47. The Morgan fingerprint density at radius 2 is 0.753 bits per heavy atom. The van der Waals surface area contributed by atoms with Crippen LogP contribution in [0.15, 0.2) is 122 Å². The second kappa shape index (κ2) is 63.4. The van der Waals surface area contributed by atoms with Crippen molar-refractivity contribution in [3.05, 3.63) is 122 Å². The first-order valence-corrected chi connectivity index (χ1v) is 36.4. The predicted octanol–water partition coefficient (Wildman–Crippen LogP) is 22.2. The number of amides is 1. The van der Waals surface area contributed by atoms with Crippen molar-refractivity contribution in [1.29, 1.82) is 0 Å². The van der Waals surface area contributed by atoms with Crippen LogP contribution < -0.4 is 5.32 Å². The van der Waals surface area contributed by atoms with Crippen molar-refractivity contribution < 1.29 is 37.3 Å². The van der Waals surface area contributed by atoms with Gasteiger partial charge in [0.05, 0.1) is 33.8 Å². The number of likely N-dealkylation sites (N-methyl/N-ethyl adjacent to an activating group) is 1. The Labute approximate surface area is 524 Å².